The number of aliphatic hydroxyl groups is 1. The van der Waals surface area contributed by atoms with Crippen LogP contribution < -0.4 is 9.64 Å². The van der Waals surface area contributed by atoms with E-state index in [0.29, 0.717) is 6.61 Å². The summed E-state index contributed by atoms with van der Waals surface area (Å²) in [5.41, 5.74) is 2.37. The van der Waals surface area contributed by atoms with E-state index in [1.54, 1.807) is 0 Å². The minimum Gasteiger partial charge on any atom is -0.490 e. The van der Waals surface area contributed by atoms with Gasteiger partial charge < -0.3 is 14.7 Å². The highest BCUT2D eigenvalue weighted by molar-refractivity contribution is 5.35. The standard InChI is InChI=1S/C18H29NO2/c1-13-5-6-18(16(4)8-13)21-12-17(20)11-19-9-14(2)7-15(3)10-19/h5-6,8,14-15,17,20H,7,9-12H2,1-4H3/p+1/t14-,15+,17-/m1/s1. The Hall–Kier alpha value is -1.06. The lowest BCUT2D eigenvalue weighted by Gasteiger charge is -2.33. The lowest BCUT2D eigenvalue weighted by atomic mass is 9.92. The molecule has 3 nitrogen and oxygen atoms in total. The molecule has 118 valence electrons. The second-order valence-corrected chi connectivity index (χ2v) is 7.04. The summed E-state index contributed by atoms with van der Waals surface area (Å²) in [6.07, 6.45) is 0.928. The van der Waals surface area contributed by atoms with Crippen LogP contribution in [0.3, 0.4) is 0 Å². The summed E-state index contributed by atoms with van der Waals surface area (Å²) >= 11 is 0. The Bertz CT molecular complexity index is 451. The smallest absolute Gasteiger partial charge is 0.137 e. The number of aliphatic hydroxyl groups excluding tert-OH is 1. The van der Waals surface area contributed by atoms with Crippen molar-refractivity contribution in [3.63, 3.8) is 0 Å². The van der Waals surface area contributed by atoms with Crippen molar-refractivity contribution in [1.82, 2.24) is 0 Å². The van der Waals surface area contributed by atoms with Crippen LogP contribution in [0, 0.1) is 25.7 Å². The molecule has 1 unspecified atom stereocenters. The van der Waals surface area contributed by atoms with Gasteiger partial charge in [0.15, 0.2) is 0 Å². The molecule has 0 spiro atoms. The molecule has 2 rings (SSSR count). The average molecular weight is 292 g/mol. The molecule has 0 saturated carbocycles. The molecule has 1 saturated heterocycles. The van der Waals surface area contributed by atoms with Gasteiger partial charge in [0.2, 0.25) is 0 Å². The van der Waals surface area contributed by atoms with Crippen LogP contribution in [0.5, 0.6) is 5.75 Å². The van der Waals surface area contributed by atoms with Gasteiger partial charge in [0.25, 0.3) is 0 Å². The molecule has 1 aliphatic heterocycles. The molecule has 0 aromatic heterocycles. The van der Waals surface area contributed by atoms with Crippen molar-refractivity contribution in [3.8, 4) is 5.75 Å². The quantitative estimate of drug-likeness (QED) is 0.864. The zero-order valence-corrected chi connectivity index (χ0v) is 13.9. The van der Waals surface area contributed by atoms with Crippen molar-refractivity contribution in [2.45, 2.75) is 40.2 Å². The summed E-state index contributed by atoms with van der Waals surface area (Å²) in [7, 11) is 0. The molecule has 1 heterocycles. The number of piperidine rings is 1. The molecular formula is C18H30NO2+. The molecule has 1 aromatic carbocycles. The number of nitrogens with one attached hydrogen (secondary N) is 1. The molecule has 0 aliphatic carbocycles. The van der Waals surface area contributed by atoms with Gasteiger partial charge in [0, 0.05) is 11.8 Å². The lowest BCUT2D eigenvalue weighted by molar-refractivity contribution is -0.915. The van der Waals surface area contributed by atoms with E-state index in [1.165, 1.54) is 30.0 Å². The Morgan fingerprint density at radius 1 is 1.24 bits per heavy atom. The van der Waals surface area contributed by atoms with Crippen LogP contribution >= 0.6 is 0 Å². The second-order valence-electron chi connectivity index (χ2n) is 7.04. The molecule has 4 atom stereocenters. The van der Waals surface area contributed by atoms with Crippen molar-refractivity contribution >= 4 is 0 Å². The minimum atomic E-state index is -0.391. The lowest BCUT2D eigenvalue weighted by Crippen LogP contribution is -3.15. The predicted molar refractivity (Wildman–Crippen MR) is 85.9 cm³/mol. The van der Waals surface area contributed by atoms with Gasteiger partial charge in [0.05, 0.1) is 13.1 Å². The van der Waals surface area contributed by atoms with E-state index in [4.69, 9.17) is 4.74 Å². The number of ether oxygens (including phenoxy) is 1. The summed E-state index contributed by atoms with van der Waals surface area (Å²) in [5, 5.41) is 10.2. The van der Waals surface area contributed by atoms with Gasteiger partial charge >= 0.3 is 0 Å². The summed E-state index contributed by atoms with van der Waals surface area (Å²) in [6.45, 7) is 12.3. The fourth-order valence-electron chi connectivity index (χ4n) is 3.63. The SMILES string of the molecule is Cc1ccc(OC[C@H](O)C[NH+]2C[C@H](C)C[C@H](C)C2)c(C)c1. The highest BCUT2D eigenvalue weighted by Gasteiger charge is 2.26. The first kappa shape index (κ1) is 16.3. The van der Waals surface area contributed by atoms with Gasteiger partial charge in [-0.3, -0.25) is 0 Å². The Kier molecular flexibility index (Phi) is 5.65. The van der Waals surface area contributed by atoms with Gasteiger partial charge in [-0.25, -0.2) is 0 Å². The molecule has 0 bridgehead atoms. The normalized spacial score (nSPS) is 27.4. The average Bonchev–Trinajstić information content (AvgIpc) is 2.36. The van der Waals surface area contributed by atoms with Crippen LogP contribution in [0.25, 0.3) is 0 Å². The van der Waals surface area contributed by atoms with Crippen LogP contribution in [-0.4, -0.2) is 37.5 Å². The molecule has 1 fully saturated rings. The van der Waals surface area contributed by atoms with E-state index in [-0.39, 0.29) is 0 Å². The van der Waals surface area contributed by atoms with E-state index >= 15 is 0 Å². The third kappa shape index (κ3) is 5.01. The monoisotopic (exact) mass is 292 g/mol. The zero-order valence-electron chi connectivity index (χ0n) is 13.9. The Morgan fingerprint density at radius 3 is 2.52 bits per heavy atom. The Labute approximate surface area is 128 Å². The van der Waals surface area contributed by atoms with Crippen LogP contribution in [-0.2, 0) is 0 Å². The van der Waals surface area contributed by atoms with Crippen molar-refractivity contribution in [2.24, 2.45) is 11.8 Å². The molecular weight excluding hydrogens is 262 g/mol. The van der Waals surface area contributed by atoms with E-state index in [9.17, 15) is 5.11 Å². The van der Waals surface area contributed by atoms with E-state index in [1.807, 2.05) is 19.1 Å². The molecule has 0 amide bonds. The minimum absolute atomic E-state index is 0.385. The number of likely N-dealkylation sites (tertiary alicyclic amines) is 1. The number of hydrogen-bond donors (Lipinski definition) is 2. The van der Waals surface area contributed by atoms with Gasteiger partial charge in [0.1, 0.15) is 25.0 Å². The predicted octanol–water partition coefficient (Wildman–Crippen LogP) is 1.60. The Balaban J connectivity index is 1.80. The maximum Gasteiger partial charge on any atom is 0.137 e. The summed E-state index contributed by atoms with van der Waals surface area (Å²) in [6, 6.07) is 6.16. The maximum absolute atomic E-state index is 10.2. The second kappa shape index (κ2) is 7.28. The summed E-state index contributed by atoms with van der Waals surface area (Å²) in [4.78, 5) is 1.51. The van der Waals surface area contributed by atoms with E-state index < -0.39 is 6.10 Å². The van der Waals surface area contributed by atoms with Crippen molar-refractivity contribution in [2.75, 3.05) is 26.2 Å². The van der Waals surface area contributed by atoms with Crippen LogP contribution in [0.15, 0.2) is 18.2 Å². The zero-order chi connectivity index (χ0) is 15.4. The molecule has 3 heteroatoms. The van der Waals surface area contributed by atoms with Crippen LogP contribution in [0.1, 0.15) is 31.4 Å². The fourth-order valence-corrected chi connectivity index (χ4v) is 3.63. The first-order valence-corrected chi connectivity index (χ1v) is 8.15. The third-order valence-corrected chi connectivity index (χ3v) is 4.36. The van der Waals surface area contributed by atoms with E-state index in [2.05, 4.69) is 26.8 Å². The molecule has 21 heavy (non-hydrogen) atoms. The Morgan fingerprint density at radius 2 is 1.90 bits per heavy atom. The topological polar surface area (TPSA) is 33.9 Å². The number of benzene rings is 1. The maximum atomic E-state index is 10.2. The largest absolute Gasteiger partial charge is 0.490 e. The molecule has 1 aliphatic rings. The van der Waals surface area contributed by atoms with Gasteiger partial charge in [-0.05, 0) is 31.9 Å². The fraction of sp³-hybridized carbons (Fsp3) is 0.667. The van der Waals surface area contributed by atoms with Crippen molar-refractivity contribution in [3.05, 3.63) is 29.3 Å². The van der Waals surface area contributed by atoms with Crippen molar-refractivity contribution in [1.29, 1.82) is 0 Å². The number of aryl methyl sites for hydroxylation is 2. The highest BCUT2D eigenvalue weighted by Crippen LogP contribution is 2.18. The number of rotatable bonds is 5. The van der Waals surface area contributed by atoms with Crippen LogP contribution in [0.4, 0.5) is 0 Å². The first-order chi connectivity index (χ1) is 9.94. The van der Waals surface area contributed by atoms with Gasteiger partial charge in [-0.15, -0.1) is 0 Å². The summed E-state index contributed by atoms with van der Waals surface area (Å²) < 4.78 is 5.79. The molecule has 1 aromatic rings. The highest BCUT2D eigenvalue weighted by atomic mass is 16.5. The molecule has 0 radical (unpaired) electrons. The third-order valence-electron chi connectivity index (χ3n) is 4.36. The van der Waals surface area contributed by atoms with Gasteiger partial charge in [-0.2, -0.15) is 0 Å². The van der Waals surface area contributed by atoms with Crippen molar-refractivity contribution < 1.29 is 14.7 Å². The number of quaternary nitrogens is 1. The first-order valence-electron chi connectivity index (χ1n) is 8.15. The van der Waals surface area contributed by atoms with Gasteiger partial charge in [-0.1, -0.05) is 31.5 Å². The summed E-state index contributed by atoms with van der Waals surface area (Å²) in [5.74, 6) is 2.41. The number of hydrogen-bond acceptors (Lipinski definition) is 2. The molecule has 2 N–H and O–H groups in total. The van der Waals surface area contributed by atoms with E-state index in [0.717, 1.165) is 29.7 Å². The van der Waals surface area contributed by atoms with Crippen LogP contribution in [0.2, 0.25) is 0 Å².